The highest BCUT2D eigenvalue weighted by atomic mass is 16.6. The summed E-state index contributed by atoms with van der Waals surface area (Å²) in [5, 5.41) is 0. The molecule has 2 saturated heterocycles. The van der Waals surface area contributed by atoms with Crippen molar-refractivity contribution in [3.63, 3.8) is 0 Å². The lowest BCUT2D eigenvalue weighted by molar-refractivity contribution is -0.283. The average molecular weight is 561 g/mol. The van der Waals surface area contributed by atoms with Crippen molar-refractivity contribution in [2.45, 2.75) is 164 Å². The third-order valence-electron chi connectivity index (χ3n) is 10.8. The first kappa shape index (κ1) is 30.5. The minimum Gasteiger partial charge on any atom is -0.455 e. The van der Waals surface area contributed by atoms with Gasteiger partial charge in [-0.25, -0.2) is 4.79 Å². The summed E-state index contributed by atoms with van der Waals surface area (Å²) in [6.45, 7) is 13.5. The first-order valence-corrected chi connectivity index (χ1v) is 16.5. The van der Waals surface area contributed by atoms with Crippen molar-refractivity contribution in [1.29, 1.82) is 0 Å². The average Bonchev–Trinajstić information content (AvgIpc) is 2.84. The molecule has 6 rings (SSSR count). The number of unbranched alkanes of at least 4 members (excludes halogenated alkanes) is 6. The smallest absolute Gasteiger partial charge is 0.333 e. The van der Waals surface area contributed by atoms with E-state index < -0.39 is 5.60 Å². The Kier molecular flexibility index (Phi) is 9.41. The SMILES string of the molecule is C=C(C)C(=O)OC12CC3CC(OCCCCCCC4(C)CCO4)(CC(OCCCCCCC4(C)CCO4)(C3)C1)C2. The molecule has 4 bridgehead atoms. The quantitative estimate of drug-likeness (QED) is 0.0976. The minimum absolute atomic E-state index is 0.142. The summed E-state index contributed by atoms with van der Waals surface area (Å²) >= 11 is 0. The molecule has 0 aromatic carbocycles. The molecule has 2 aliphatic heterocycles. The molecule has 6 fully saturated rings. The van der Waals surface area contributed by atoms with Crippen LogP contribution in [-0.2, 0) is 28.5 Å². The standard InChI is InChI=1S/C34H56O6/c1-27(2)29(35)40-34-23-28-21-32(25-34,38-17-11-7-5-9-13-30(3)15-19-36-30)24-33(22-28,26-34)39-18-12-8-6-10-14-31(4)16-20-37-31/h28H,1,5-26H2,2-4H3. The number of carbonyl (C=O) groups excluding carboxylic acids is 1. The van der Waals surface area contributed by atoms with E-state index in [1.165, 1.54) is 64.2 Å². The van der Waals surface area contributed by atoms with E-state index in [4.69, 9.17) is 23.7 Å². The molecule has 0 radical (unpaired) electrons. The number of hydrogen-bond acceptors (Lipinski definition) is 6. The summed E-state index contributed by atoms with van der Waals surface area (Å²) < 4.78 is 31.3. The molecule has 40 heavy (non-hydrogen) atoms. The van der Waals surface area contributed by atoms with Crippen LogP contribution in [0.1, 0.15) is 136 Å². The molecule has 228 valence electrons. The van der Waals surface area contributed by atoms with Gasteiger partial charge in [0.25, 0.3) is 0 Å². The first-order valence-electron chi connectivity index (χ1n) is 16.5. The molecule has 6 nitrogen and oxygen atoms in total. The van der Waals surface area contributed by atoms with Gasteiger partial charge in [-0.15, -0.1) is 0 Å². The maximum atomic E-state index is 12.7. The Morgan fingerprint density at radius 3 is 1.57 bits per heavy atom. The highest BCUT2D eigenvalue weighted by Crippen LogP contribution is 2.63. The highest BCUT2D eigenvalue weighted by Gasteiger charge is 2.66. The van der Waals surface area contributed by atoms with Gasteiger partial charge in [-0.1, -0.05) is 45.1 Å². The molecule has 4 unspecified atom stereocenters. The van der Waals surface area contributed by atoms with Crippen molar-refractivity contribution in [2.24, 2.45) is 5.92 Å². The molecule has 4 saturated carbocycles. The molecule has 4 atom stereocenters. The Bertz CT molecular complexity index is 839. The predicted molar refractivity (Wildman–Crippen MR) is 156 cm³/mol. The van der Waals surface area contributed by atoms with Gasteiger partial charge in [0.2, 0.25) is 0 Å². The van der Waals surface area contributed by atoms with E-state index in [1.54, 1.807) is 6.92 Å². The van der Waals surface area contributed by atoms with Gasteiger partial charge in [-0.2, -0.15) is 0 Å². The molecule has 6 aliphatic rings. The van der Waals surface area contributed by atoms with E-state index in [9.17, 15) is 4.79 Å². The van der Waals surface area contributed by atoms with E-state index in [1.807, 2.05) is 0 Å². The maximum Gasteiger partial charge on any atom is 0.333 e. The van der Waals surface area contributed by atoms with Gasteiger partial charge in [0.05, 0.1) is 35.6 Å². The van der Waals surface area contributed by atoms with Crippen LogP contribution in [0.5, 0.6) is 0 Å². The Labute approximate surface area is 243 Å². The van der Waals surface area contributed by atoms with Crippen LogP contribution in [0.25, 0.3) is 0 Å². The third kappa shape index (κ3) is 7.33. The minimum atomic E-state index is -0.480. The predicted octanol–water partition coefficient (Wildman–Crippen LogP) is 7.61. The van der Waals surface area contributed by atoms with E-state index in [0.29, 0.717) is 11.5 Å². The van der Waals surface area contributed by atoms with Crippen molar-refractivity contribution in [2.75, 3.05) is 26.4 Å². The molecular weight excluding hydrogens is 504 g/mol. The maximum absolute atomic E-state index is 12.7. The number of esters is 1. The normalized spacial score (nSPS) is 39.5. The van der Waals surface area contributed by atoms with Crippen LogP contribution in [0.3, 0.4) is 0 Å². The molecule has 6 heteroatoms. The van der Waals surface area contributed by atoms with Gasteiger partial charge in [-0.3, -0.25) is 0 Å². The van der Waals surface area contributed by atoms with Crippen LogP contribution in [0.4, 0.5) is 0 Å². The Morgan fingerprint density at radius 1 is 0.725 bits per heavy atom. The van der Waals surface area contributed by atoms with Gasteiger partial charge in [-0.05, 0) is 84.5 Å². The molecule has 0 spiro atoms. The fourth-order valence-electron chi connectivity index (χ4n) is 8.68. The Balaban J connectivity index is 1.11. The van der Waals surface area contributed by atoms with Crippen molar-refractivity contribution in [1.82, 2.24) is 0 Å². The fourth-order valence-corrected chi connectivity index (χ4v) is 8.68. The van der Waals surface area contributed by atoms with Gasteiger partial charge in [0.15, 0.2) is 0 Å². The second-order valence-corrected chi connectivity index (χ2v) is 14.8. The van der Waals surface area contributed by atoms with Crippen LogP contribution in [0, 0.1) is 5.92 Å². The zero-order valence-corrected chi connectivity index (χ0v) is 25.8. The monoisotopic (exact) mass is 560 g/mol. The topological polar surface area (TPSA) is 63.2 Å². The van der Waals surface area contributed by atoms with Crippen LogP contribution in [0.2, 0.25) is 0 Å². The van der Waals surface area contributed by atoms with Crippen molar-refractivity contribution < 1.29 is 28.5 Å². The van der Waals surface area contributed by atoms with E-state index in [2.05, 4.69) is 20.4 Å². The lowest BCUT2D eigenvalue weighted by Crippen LogP contribution is -2.68. The summed E-state index contributed by atoms with van der Waals surface area (Å²) in [5.41, 5.74) is -0.194. The van der Waals surface area contributed by atoms with Crippen LogP contribution >= 0.6 is 0 Å². The molecule has 0 aromatic rings. The third-order valence-corrected chi connectivity index (χ3v) is 10.8. The largest absolute Gasteiger partial charge is 0.455 e. The first-order chi connectivity index (χ1) is 19.1. The van der Waals surface area contributed by atoms with Crippen molar-refractivity contribution in [3.05, 3.63) is 12.2 Å². The van der Waals surface area contributed by atoms with Gasteiger partial charge in [0.1, 0.15) is 5.60 Å². The summed E-state index contributed by atoms with van der Waals surface area (Å²) in [7, 11) is 0. The van der Waals surface area contributed by atoms with E-state index in [0.717, 1.165) is 77.8 Å². The second-order valence-electron chi connectivity index (χ2n) is 14.8. The molecule has 0 N–H and O–H groups in total. The lowest BCUT2D eigenvalue weighted by Gasteiger charge is -2.64. The van der Waals surface area contributed by atoms with Gasteiger partial charge >= 0.3 is 5.97 Å². The van der Waals surface area contributed by atoms with E-state index >= 15 is 0 Å². The highest BCUT2D eigenvalue weighted by molar-refractivity contribution is 5.87. The summed E-state index contributed by atoms with van der Waals surface area (Å²) in [6.07, 6.45) is 19.8. The summed E-state index contributed by atoms with van der Waals surface area (Å²) in [5.74, 6) is 0.223. The van der Waals surface area contributed by atoms with E-state index in [-0.39, 0.29) is 28.4 Å². The van der Waals surface area contributed by atoms with Crippen molar-refractivity contribution >= 4 is 5.97 Å². The number of ether oxygens (including phenoxy) is 5. The Hall–Kier alpha value is -0.950. The zero-order valence-electron chi connectivity index (χ0n) is 25.8. The molecule has 2 heterocycles. The van der Waals surface area contributed by atoms with Crippen LogP contribution < -0.4 is 0 Å². The number of rotatable bonds is 18. The van der Waals surface area contributed by atoms with Gasteiger partial charge < -0.3 is 23.7 Å². The Morgan fingerprint density at radius 2 is 1.15 bits per heavy atom. The molecule has 4 aliphatic carbocycles. The van der Waals surface area contributed by atoms with Crippen LogP contribution in [0.15, 0.2) is 12.2 Å². The van der Waals surface area contributed by atoms with Gasteiger partial charge in [0, 0.05) is 38.0 Å². The van der Waals surface area contributed by atoms with Crippen molar-refractivity contribution in [3.8, 4) is 0 Å². The summed E-state index contributed by atoms with van der Waals surface area (Å²) in [6, 6.07) is 0. The molecular formula is C34H56O6. The van der Waals surface area contributed by atoms with Crippen LogP contribution in [-0.4, -0.2) is 60.4 Å². The fraction of sp³-hybridized carbons (Fsp3) is 0.912. The number of carbonyl (C=O) groups is 1. The zero-order chi connectivity index (χ0) is 28.3. The summed E-state index contributed by atoms with van der Waals surface area (Å²) in [4.78, 5) is 12.7. The lowest BCUT2D eigenvalue weighted by atomic mass is 9.50. The number of hydrogen-bond donors (Lipinski definition) is 0. The molecule has 0 amide bonds. The molecule has 0 aromatic heterocycles. The second kappa shape index (κ2) is 12.3.